The summed E-state index contributed by atoms with van der Waals surface area (Å²) in [6.45, 7) is 9.92. The highest BCUT2D eigenvalue weighted by molar-refractivity contribution is 5.67. The Morgan fingerprint density at radius 3 is 1.88 bits per heavy atom. The Balaban J connectivity index is 3.39. The first-order valence-electron chi connectivity index (χ1n) is 5.54. The fraction of sp³-hybridized carbons (Fsp3) is 0.200. The van der Waals surface area contributed by atoms with Crippen LogP contribution < -0.4 is 0 Å². The molecule has 0 amide bonds. The summed E-state index contributed by atoms with van der Waals surface area (Å²) in [6.07, 6.45) is 12.2. The van der Waals surface area contributed by atoms with Crippen molar-refractivity contribution in [3.05, 3.63) is 54.4 Å². The normalized spacial score (nSPS) is 12.8. The van der Waals surface area contributed by atoms with Gasteiger partial charge in [-0.05, 0) is 51.1 Å². The Morgan fingerprint density at radius 1 is 1.06 bits per heavy atom. The van der Waals surface area contributed by atoms with Gasteiger partial charge in [-0.25, -0.2) is 0 Å². The zero-order valence-corrected chi connectivity index (χ0v) is 10.3. The minimum Gasteiger partial charge on any atom is -0.311 e. The summed E-state index contributed by atoms with van der Waals surface area (Å²) < 4.78 is 2.19. The second-order valence-corrected chi connectivity index (χ2v) is 3.44. The minimum atomic E-state index is 1.10. The first-order chi connectivity index (χ1) is 7.78. The van der Waals surface area contributed by atoms with Crippen molar-refractivity contribution < 1.29 is 0 Å². The molecule has 84 valence electrons. The van der Waals surface area contributed by atoms with Crippen LogP contribution in [-0.4, -0.2) is 4.57 Å². The number of hydrogen-bond acceptors (Lipinski definition) is 0. The Bertz CT molecular complexity index is 413. The maximum Gasteiger partial charge on any atom is 0.0458 e. The van der Waals surface area contributed by atoms with E-state index < -0.39 is 0 Å². The van der Waals surface area contributed by atoms with E-state index in [0.717, 1.165) is 5.70 Å². The first kappa shape index (κ1) is 12.3. The van der Waals surface area contributed by atoms with Crippen LogP contribution in [0.4, 0.5) is 0 Å². The van der Waals surface area contributed by atoms with E-state index in [0.29, 0.717) is 0 Å². The zero-order valence-electron chi connectivity index (χ0n) is 10.3. The van der Waals surface area contributed by atoms with E-state index in [4.69, 9.17) is 0 Å². The van der Waals surface area contributed by atoms with Gasteiger partial charge in [0, 0.05) is 17.1 Å². The predicted molar refractivity (Wildman–Crippen MR) is 74.0 cm³/mol. The van der Waals surface area contributed by atoms with Crippen LogP contribution in [-0.2, 0) is 0 Å². The molecule has 0 unspecified atom stereocenters. The third kappa shape index (κ3) is 2.43. The molecule has 1 aromatic rings. The molecule has 0 aliphatic rings. The molecule has 1 rings (SSSR count). The van der Waals surface area contributed by atoms with Crippen LogP contribution in [0.1, 0.15) is 32.2 Å². The maximum absolute atomic E-state index is 3.85. The van der Waals surface area contributed by atoms with E-state index in [1.165, 1.54) is 11.4 Å². The zero-order chi connectivity index (χ0) is 12.0. The summed E-state index contributed by atoms with van der Waals surface area (Å²) in [6, 6.07) is 4.23. The molecule has 0 spiro atoms. The van der Waals surface area contributed by atoms with Crippen LogP contribution in [0.25, 0.3) is 17.8 Å². The number of hydrogen-bond donors (Lipinski definition) is 0. The van der Waals surface area contributed by atoms with Crippen molar-refractivity contribution in [3.63, 3.8) is 0 Å². The smallest absolute Gasteiger partial charge is 0.0458 e. The summed E-state index contributed by atoms with van der Waals surface area (Å²) in [4.78, 5) is 0. The van der Waals surface area contributed by atoms with Crippen molar-refractivity contribution >= 4 is 17.8 Å². The van der Waals surface area contributed by atoms with Crippen molar-refractivity contribution in [1.82, 2.24) is 4.57 Å². The number of nitrogens with zero attached hydrogens (tertiary/aromatic N) is 1. The molecular weight excluding hydrogens is 194 g/mol. The van der Waals surface area contributed by atoms with Crippen LogP contribution in [0, 0.1) is 0 Å². The molecule has 1 heteroatoms. The van der Waals surface area contributed by atoms with E-state index >= 15 is 0 Å². The maximum atomic E-state index is 3.85. The molecule has 0 aromatic carbocycles. The van der Waals surface area contributed by atoms with Gasteiger partial charge in [-0.15, -0.1) is 0 Å². The number of allylic oxidation sites excluding steroid dienone is 5. The van der Waals surface area contributed by atoms with Crippen LogP contribution >= 0.6 is 0 Å². The SMILES string of the molecule is C=C/C(=C\C)n1c(/C=C\C)ccc1/C=C\C. The fourth-order valence-corrected chi connectivity index (χ4v) is 1.71. The monoisotopic (exact) mass is 213 g/mol. The molecule has 0 fully saturated rings. The van der Waals surface area contributed by atoms with Crippen molar-refractivity contribution in [2.45, 2.75) is 20.8 Å². The third-order valence-electron chi connectivity index (χ3n) is 2.38. The molecule has 1 aromatic heterocycles. The molecule has 0 saturated heterocycles. The summed E-state index contributed by atoms with van der Waals surface area (Å²) in [5.41, 5.74) is 3.44. The highest BCUT2D eigenvalue weighted by atomic mass is 15.0. The van der Waals surface area contributed by atoms with E-state index in [1.54, 1.807) is 0 Å². The molecule has 0 aliphatic carbocycles. The van der Waals surface area contributed by atoms with Crippen molar-refractivity contribution in [2.75, 3.05) is 0 Å². The molecule has 0 saturated carbocycles. The molecule has 0 bridgehead atoms. The molecule has 0 aliphatic heterocycles. The van der Waals surface area contributed by atoms with E-state index in [-0.39, 0.29) is 0 Å². The summed E-state index contributed by atoms with van der Waals surface area (Å²) in [7, 11) is 0. The van der Waals surface area contributed by atoms with Crippen LogP contribution in [0.15, 0.2) is 43.0 Å². The highest BCUT2D eigenvalue weighted by Crippen LogP contribution is 2.19. The largest absolute Gasteiger partial charge is 0.311 e. The lowest BCUT2D eigenvalue weighted by atomic mass is 10.3. The fourth-order valence-electron chi connectivity index (χ4n) is 1.71. The first-order valence-corrected chi connectivity index (χ1v) is 5.54. The van der Waals surface area contributed by atoms with E-state index in [9.17, 15) is 0 Å². The molecule has 1 heterocycles. The Morgan fingerprint density at radius 2 is 1.56 bits per heavy atom. The molecule has 1 nitrogen and oxygen atoms in total. The average Bonchev–Trinajstić information content (AvgIpc) is 2.66. The lowest BCUT2D eigenvalue weighted by Crippen LogP contribution is -1.99. The average molecular weight is 213 g/mol. The molecule has 0 radical (unpaired) electrons. The molecule has 16 heavy (non-hydrogen) atoms. The Kier molecular flexibility index (Phi) is 4.59. The van der Waals surface area contributed by atoms with Gasteiger partial charge in [0.25, 0.3) is 0 Å². The van der Waals surface area contributed by atoms with Crippen LogP contribution in [0.5, 0.6) is 0 Å². The quantitative estimate of drug-likeness (QED) is 0.644. The van der Waals surface area contributed by atoms with Crippen LogP contribution in [0.2, 0.25) is 0 Å². The third-order valence-corrected chi connectivity index (χ3v) is 2.38. The van der Waals surface area contributed by atoms with Crippen molar-refractivity contribution in [3.8, 4) is 0 Å². The van der Waals surface area contributed by atoms with Gasteiger partial charge in [0.15, 0.2) is 0 Å². The second kappa shape index (κ2) is 5.96. The summed E-state index contributed by atoms with van der Waals surface area (Å²) >= 11 is 0. The van der Waals surface area contributed by atoms with Gasteiger partial charge in [-0.3, -0.25) is 0 Å². The van der Waals surface area contributed by atoms with Gasteiger partial charge in [0.05, 0.1) is 0 Å². The Hall–Kier alpha value is -1.76. The molecule has 0 N–H and O–H groups in total. The van der Waals surface area contributed by atoms with Gasteiger partial charge >= 0.3 is 0 Å². The minimum absolute atomic E-state index is 1.10. The topological polar surface area (TPSA) is 4.93 Å². The second-order valence-electron chi connectivity index (χ2n) is 3.44. The highest BCUT2D eigenvalue weighted by Gasteiger charge is 2.05. The lowest BCUT2D eigenvalue weighted by Gasteiger charge is -2.10. The summed E-state index contributed by atoms with van der Waals surface area (Å²) in [5.74, 6) is 0. The van der Waals surface area contributed by atoms with Gasteiger partial charge in [0.1, 0.15) is 0 Å². The van der Waals surface area contributed by atoms with Gasteiger partial charge < -0.3 is 4.57 Å². The molecule has 0 atom stereocenters. The van der Waals surface area contributed by atoms with E-state index in [1.807, 2.05) is 39.0 Å². The van der Waals surface area contributed by atoms with Gasteiger partial charge in [-0.2, -0.15) is 0 Å². The Labute approximate surface area is 98.1 Å². The standard InChI is InChI=1S/C15H19N/c1-5-9-14-11-12-15(10-6-2)16(14)13(7-3)8-4/h5-12H,3H2,1-2,4H3/b9-5-,10-6-,13-8+. The number of aromatic nitrogens is 1. The predicted octanol–water partition coefficient (Wildman–Crippen LogP) is 4.60. The van der Waals surface area contributed by atoms with Gasteiger partial charge in [-0.1, -0.05) is 24.8 Å². The van der Waals surface area contributed by atoms with Gasteiger partial charge in [0.2, 0.25) is 0 Å². The molecular formula is C15H19N. The lowest BCUT2D eigenvalue weighted by molar-refractivity contribution is 1.09. The van der Waals surface area contributed by atoms with Crippen molar-refractivity contribution in [2.24, 2.45) is 0 Å². The van der Waals surface area contributed by atoms with E-state index in [2.05, 4.69) is 41.5 Å². The number of rotatable bonds is 4. The van der Waals surface area contributed by atoms with Crippen LogP contribution in [0.3, 0.4) is 0 Å². The van der Waals surface area contributed by atoms with Crippen molar-refractivity contribution in [1.29, 1.82) is 0 Å². The summed E-state index contributed by atoms with van der Waals surface area (Å²) in [5, 5.41) is 0.